The van der Waals surface area contributed by atoms with Gasteiger partial charge in [0.05, 0.1) is 22.4 Å². The molecular weight excluding hydrogens is 625 g/mol. The summed E-state index contributed by atoms with van der Waals surface area (Å²) in [6.45, 7) is 10.3. The first kappa shape index (κ1) is 37.0. The number of aromatic nitrogens is 4. The lowest BCUT2D eigenvalue weighted by atomic mass is 10.1. The zero-order chi connectivity index (χ0) is 35.1. The number of hydrogen-bond acceptors (Lipinski definition) is 4. The number of rotatable bonds is 24. The molecule has 2 aromatic carbocycles. The molecular formula is C45H62N6. The first-order valence-electron chi connectivity index (χ1n) is 20.4. The van der Waals surface area contributed by atoms with E-state index in [2.05, 4.69) is 94.3 Å². The molecule has 0 amide bonds. The molecule has 0 spiro atoms. The molecule has 4 aromatic heterocycles. The minimum Gasteiger partial charge on any atom is -0.339 e. The number of fused-ring (bicyclic) bond motifs is 6. The Balaban J connectivity index is 0.978. The van der Waals surface area contributed by atoms with Crippen LogP contribution in [0.25, 0.3) is 43.6 Å². The molecule has 0 saturated heterocycles. The Morgan fingerprint density at radius 3 is 1.33 bits per heavy atom. The number of pyridine rings is 2. The van der Waals surface area contributed by atoms with Crippen molar-refractivity contribution < 1.29 is 0 Å². The summed E-state index contributed by atoms with van der Waals surface area (Å²) in [5.41, 5.74) is 7.66. The van der Waals surface area contributed by atoms with Crippen LogP contribution in [0.3, 0.4) is 0 Å². The van der Waals surface area contributed by atoms with Crippen molar-refractivity contribution in [2.45, 2.75) is 136 Å². The van der Waals surface area contributed by atoms with Crippen LogP contribution in [0.1, 0.15) is 122 Å². The lowest BCUT2D eigenvalue weighted by molar-refractivity contribution is 0.561. The van der Waals surface area contributed by atoms with E-state index in [-0.39, 0.29) is 0 Å². The van der Waals surface area contributed by atoms with Gasteiger partial charge in [0, 0.05) is 71.2 Å². The standard InChI is InChI=1S/C45H62N6/c1-3-5-7-9-11-20-32-50-42-24-16-14-22-36(42)38-26-30-48-40(44(38)50)34-46-28-18-13-19-29-47-35-41-45-39(27-31-49-41)37-23-15-17-25-43(37)51(45)33-21-12-10-8-6-4-2/h14-17,22-27,30-31,46-47H,3-13,18-21,28-29,32-35H2,1-2H3. The van der Waals surface area contributed by atoms with Crippen LogP contribution in [0.2, 0.25) is 0 Å². The largest absolute Gasteiger partial charge is 0.339 e. The van der Waals surface area contributed by atoms with Gasteiger partial charge in [-0.3, -0.25) is 9.97 Å². The van der Waals surface area contributed by atoms with E-state index in [4.69, 9.17) is 9.97 Å². The highest BCUT2D eigenvalue weighted by atomic mass is 15.0. The fraction of sp³-hybridized carbons (Fsp3) is 0.511. The highest BCUT2D eigenvalue weighted by Crippen LogP contribution is 2.32. The first-order chi connectivity index (χ1) is 25.3. The SMILES string of the molecule is CCCCCCCCn1c2ccccc2c2ccnc(CNCCCCCNCc3nccc4c5ccccc5n(CCCCCCCC)c34)c21. The smallest absolute Gasteiger partial charge is 0.0784 e. The summed E-state index contributed by atoms with van der Waals surface area (Å²) in [5.74, 6) is 0. The average Bonchev–Trinajstić information content (AvgIpc) is 3.67. The number of aryl methyl sites for hydroxylation is 2. The van der Waals surface area contributed by atoms with Gasteiger partial charge in [-0.1, -0.05) is 121 Å². The van der Waals surface area contributed by atoms with E-state index < -0.39 is 0 Å². The monoisotopic (exact) mass is 687 g/mol. The second kappa shape index (κ2) is 19.8. The van der Waals surface area contributed by atoms with E-state index >= 15 is 0 Å². The van der Waals surface area contributed by atoms with E-state index in [1.54, 1.807) is 0 Å². The molecule has 4 heterocycles. The number of benzene rings is 2. The molecule has 0 saturated carbocycles. The van der Waals surface area contributed by atoms with Crippen molar-refractivity contribution in [2.24, 2.45) is 0 Å². The van der Waals surface area contributed by atoms with Gasteiger partial charge in [-0.2, -0.15) is 0 Å². The Morgan fingerprint density at radius 2 is 0.863 bits per heavy atom. The molecule has 0 radical (unpaired) electrons. The van der Waals surface area contributed by atoms with Crippen LogP contribution < -0.4 is 10.6 Å². The molecule has 6 rings (SSSR count). The van der Waals surface area contributed by atoms with Crippen molar-refractivity contribution >= 4 is 43.6 Å². The molecule has 6 heteroatoms. The Kier molecular flexibility index (Phi) is 14.3. The van der Waals surface area contributed by atoms with Gasteiger partial charge in [0.15, 0.2) is 0 Å². The van der Waals surface area contributed by atoms with Crippen LogP contribution in [0.15, 0.2) is 73.1 Å². The van der Waals surface area contributed by atoms with Gasteiger partial charge >= 0.3 is 0 Å². The van der Waals surface area contributed by atoms with Crippen LogP contribution >= 0.6 is 0 Å². The van der Waals surface area contributed by atoms with E-state index in [9.17, 15) is 0 Å². The molecule has 0 aliphatic rings. The summed E-state index contributed by atoms with van der Waals surface area (Å²) < 4.78 is 5.09. The van der Waals surface area contributed by atoms with Crippen molar-refractivity contribution in [3.05, 3.63) is 84.4 Å². The van der Waals surface area contributed by atoms with Crippen LogP contribution in [-0.4, -0.2) is 32.2 Å². The molecule has 0 unspecified atom stereocenters. The normalized spacial score (nSPS) is 12.0. The van der Waals surface area contributed by atoms with Crippen molar-refractivity contribution in [3.63, 3.8) is 0 Å². The molecule has 6 nitrogen and oxygen atoms in total. The Hall–Kier alpha value is -3.74. The van der Waals surface area contributed by atoms with Crippen molar-refractivity contribution in [1.29, 1.82) is 0 Å². The lowest BCUT2D eigenvalue weighted by Gasteiger charge is -2.12. The minimum absolute atomic E-state index is 0.810. The molecule has 0 atom stereocenters. The van der Waals surface area contributed by atoms with Gasteiger partial charge in [-0.15, -0.1) is 0 Å². The third kappa shape index (κ3) is 9.39. The maximum Gasteiger partial charge on any atom is 0.0784 e. The van der Waals surface area contributed by atoms with E-state index in [1.807, 2.05) is 12.4 Å². The van der Waals surface area contributed by atoms with Crippen molar-refractivity contribution in [2.75, 3.05) is 13.1 Å². The summed E-state index contributed by atoms with van der Waals surface area (Å²) in [6.07, 6.45) is 23.3. The fourth-order valence-corrected chi connectivity index (χ4v) is 8.06. The summed E-state index contributed by atoms with van der Waals surface area (Å²) >= 11 is 0. The number of unbranched alkanes of at least 4 members (excludes halogenated alkanes) is 12. The van der Waals surface area contributed by atoms with E-state index in [1.165, 1.54) is 151 Å². The second-order valence-corrected chi connectivity index (χ2v) is 14.6. The third-order valence-corrected chi connectivity index (χ3v) is 10.8. The Labute approximate surface area is 306 Å². The van der Waals surface area contributed by atoms with Crippen molar-refractivity contribution in [3.8, 4) is 0 Å². The highest BCUT2D eigenvalue weighted by molar-refractivity contribution is 6.09. The fourth-order valence-electron chi connectivity index (χ4n) is 8.06. The number of para-hydroxylation sites is 2. The molecule has 0 bridgehead atoms. The van der Waals surface area contributed by atoms with Gasteiger partial charge in [-0.25, -0.2) is 0 Å². The molecule has 0 fully saturated rings. The van der Waals surface area contributed by atoms with Gasteiger partial charge < -0.3 is 19.8 Å². The van der Waals surface area contributed by atoms with E-state index in [0.717, 1.165) is 39.3 Å². The van der Waals surface area contributed by atoms with Gasteiger partial charge in [0.1, 0.15) is 0 Å². The highest BCUT2D eigenvalue weighted by Gasteiger charge is 2.16. The predicted molar refractivity (Wildman–Crippen MR) is 218 cm³/mol. The van der Waals surface area contributed by atoms with Gasteiger partial charge in [-0.05, 0) is 63.0 Å². The summed E-state index contributed by atoms with van der Waals surface area (Å²) in [6, 6.07) is 22.2. The maximum atomic E-state index is 4.89. The third-order valence-electron chi connectivity index (χ3n) is 10.8. The van der Waals surface area contributed by atoms with Crippen LogP contribution in [0, 0.1) is 0 Å². The molecule has 51 heavy (non-hydrogen) atoms. The average molecular weight is 687 g/mol. The molecule has 6 aromatic rings. The molecule has 0 aliphatic carbocycles. The van der Waals surface area contributed by atoms with Crippen LogP contribution in [0.5, 0.6) is 0 Å². The van der Waals surface area contributed by atoms with Crippen LogP contribution in [0.4, 0.5) is 0 Å². The first-order valence-corrected chi connectivity index (χ1v) is 20.4. The quantitative estimate of drug-likeness (QED) is 0.0622. The Bertz CT molecular complexity index is 1790. The summed E-state index contributed by atoms with van der Waals surface area (Å²) in [4.78, 5) is 9.78. The number of nitrogens with zero attached hydrogens (tertiary/aromatic N) is 4. The van der Waals surface area contributed by atoms with Crippen LogP contribution in [-0.2, 0) is 26.2 Å². The topological polar surface area (TPSA) is 59.7 Å². The maximum absolute atomic E-state index is 4.89. The van der Waals surface area contributed by atoms with Crippen molar-refractivity contribution in [1.82, 2.24) is 29.7 Å². The van der Waals surface area contributed by atoms with E-state index in [0.29, 0.717) is 0 Å². The summed E-state index contributed by atoms with van der Waals surface area (Å²) in [7, 11) is 0. The molecule has 2 N–H and O–H groups in total. The zero-order valence-electron chi connectivity index (χ0n) is 31.6. The number of hydrogen-bond donors (Lipinski definition) is 2. The Morgan fingerprint density at radius 1 is 0.451 bits per heavy atom. The molecule has 0 aliphatic heterocycles. The minimum atomic E-state index is 0.810. The summed E-state index contributed by atoms with van der Waals surface area (Å²) in [5, 5.41) is 12.8. The van der Waals surface area contributed by atoms with Gasteiger partial charge in [0.25, 0.3) is 0 Å². The molecule has 272 valence electrons. The zero-order valence-corrected chi connectivity index (χ0v) is 31.6. The number of nitrogens with one attached hydrogen (secondary N) is 2. The van der Waals surface area contributed by atoms with Gasteiger partial charge in [0.2, 0.25) is 0 Å². The predicted octanol–water partition coefficient (Wildman–Crippen LogP) is 11.5. The second-order valence-electron chi connectivity index (χ2n) is 14.6. The lowest BCUT2D eigenvalue weighted by Crippen LogP contribution is -2.18.